The van der Waals surface area contributed by atoms with Crippen LogP contribution in [0.1, 0.15) is 135 Å². The van der Waals surface area contributed by atoms with Crippen LogP contribution in [0.3, 0.4) is 0 Å². The van der Waals surface area contributed by atoms with Gasteiger partial charge >= 0.3 is 0 Å². The van der Waals surface area contributed by atoms with Crippen LogP contribution in [-0.4, -0.2) is 23.9 Å². The number of rotatable bonds is 18. The van der Waals surface area contributed by atoms with Gasteiger partial charge in [-0.1, -0.05) is 103 Å². The van der Waals surface area contributed by atoms with Gasteiger partial charge in [-0.25, -0.2) is 0 Å². The van der Waals surface area contributed by atoms with Crippen molar-refractivity contribution < 1.29 is 9.84 Å². The molecule has 28 heavy (non-hydrogen) atoms. The van der Waals surface area contributed by atoms with Gasteiger partial charge in [0.25, 0.3) is 0 Å². The summed E-state index contributed by atoms with van der Waals surface area (Å²) in [6.07, 6.45) is 27.8. The van der Waals surface area contributed by atoms with E-state index in [1.807, 2.05) is 0 Å². The fourth-order valence-electron chi connectivity index (χ4n) is 5.43. The molecule has 0 radical (unpaired) electrons. The third-order valence-electron chi connectivity index (χ3n) is 7.39. The average Bonchev–Trinajstić information content (AvgIpc) is 2.71. The summed E-state index contributed by atoms with van der Waals surface area (Å²) < 4.78 is 6.17. The maximum Gasteiger partial charge on any atom is 0.0607 e. The van der Waals surface area contributed by atoms with Crippen molar-refractivity contribution in [2.24, 2.45) is 11.8 Å². The fraction of sp³-hybridized carbons (Fsp3) is 1.00. The molecule has 0 aromatic rings. The number of fused-ring (bicyclic) bond motifs is 3. The first-order chi connectivity index (χ1) is 13.8. The number of hydrogen-bond donors (Lipinski definition) is 1. The van der Waals surface area contributed by atoms with Crippen LogP contribution in [0.5, 0.6) is 0 Å². The maximum absolute atomic E-state index is 9.98. The van der Waals surface area contributed by atoms with Crippen LogP contribution in [0.2, 0.25) is 0 Å². The standard InChI is InChI=1S/C26H50O2/c1-2-3-4-5-6-7-8-9-10-11-12-13-14-15-16-17-20-28-26-22-23-18-19-24(26)21-25(23)27/h23-27H,2-22H2,1H3. The second-order valence-electron chi connectivity index (χ2n) is 9.85. The zero-order valence-electron chi connectivity index (χ0n) is 19.0. The number of ether oxygens (including phenoxy) is 1. The molecule has 3 rings (SSSR count). The summed E-state index contributed by atoms with van der Waals surface area (Å²) in [6.45, 7) is 3.24. The fourth-order valence-corrected chi connectivity index (χ4v) is 5.43. The van der Waals surface area contributed by atoms with E-state index >= 15 is 0 Å². The first-order valence-corrected chi connectivity index (χ1v) is 13.1. The van der Waals surface area contributed by atoms with Crippen molar-refractivity contribution in [1.82, 2.24) is 0 Å². The van der Waals surface area contributed by atoms with E-state index in [0.29, 0.717) is 17.9 Å². The van der Waals surface area contributed by atoms with Crippen LogP contribution in [0.15, 0.2) is 0 Å². The molecular formula is C26H50O2. The first kappa shape index (κ1) is 24.2. The normalized spacial score (nSPS) is 26.8. The minimum absolute atomic E-state index is 0.0332. The van der Waals surface area contributed by atoms with Gasteiger partial charge in [-0.15, -0.1) is 0 Å². The molecule has 3 aliphatic rings. The predicted octanol–water partition coefficient (Wildman–Crippen LogP) is 7.81. The van der Waals surface area contributed by atoms with Crippen molar-refractivity contribution in [1.29, 1.82) is 0 Å². The van der Waals surface area contributed by atoms with E-state index in [2.05, 4.69) is 6.92 Å². The van der Waals surface area contributed by atoms with E-state index in [9.17, 15) is 5.11 Å². The van der Waals surface area contributed by atoms with Crippen LogP contribution in [0.4, 0.5) is 0 Å². The van der Waals surface area contributed by atoms with Crippen molar-refractivity contribution in [2.45, 2.75) is 148 Å². The van der Waals surface area contributed by atoms with E-state index in [1.54, 1.807) is 0 Å². The highest BCUT2D eigenvalue weighted by atomic mass is 16.5. The second-order valence-corrected chi connectivity index (χ2v) is 9.85. The summed E-state index contributed by atoms with van der Waals surface area (Å²) in [7, 11) is 0. The minimum atomic E-state index is -0.0332. The molecule has 0 heterocycles. The first-order valence-electron chi connectivity index (χ1n) is 13.1. The Hall–Kier alpha value is -0.0800. The molecule has 0 saturated heterocycles. The highest BCUT2D eigenvalue weighted by Crippen LogP contribution is 2.42. The molecule has 3 saturated carbocycles. The van der Waals surface area contributed by atoms with Gasteiger partial charge in [0, 0.05) is 6.61 Å². The summed E-state index contributed by atoms with van der Waals surface area (Å²) in [5, 5.41) is 9.98. The van der Waals surface area contributed by atoms with E-state index in [1.165, 1.54) is 116 Å². The Kier molecular flexibility index (Phi) is 13.6. The molecule has 2 heteroatoms. The summed E-state index contributed by atoms with van der Waals surface area (Å²) in [5.41, 5.74) is 0. The summed E-state index contributed by atoms with van der Waals surface area (Å²) in [6, 6.07) is 0. The minimum Gasteiger partial charge on any atom is -0.393 e. The lowest BCUT2D eigenvalue weighted by Gasteiger charge is -2.45. The van der Waals surface area contributed by atoms with Crippen LogP contribution in [0.25, 0.3) is 0 Å². The Morgan fingerprint density at radius 2 is 1.07 bits per heavy atom. The summed E-state index contributed by atoms with van der Waals surface area (Å²) in [4.78, 5) is 0. The van der Waals surface area contributed by atoms with Gasteiger partial charge in [0.2, 0.25) is 0 Å². The van der Waals surface area contributed by atoms with Crippen molar-refractivity contribution in [2.75, 3.05) is 6.61 Å². The van der Waals surface area contributed by atoms with Crippen molar-refractivity contribution in [3.8, 4) is 0 Å². The molecule has 0 spiro atoms. The molecule has 2 nitrogen and oxygen atoms in total. The summed E-state index contributed by atoms with van der Waals surface area (Å²) >= 11 is 0. The van der Waals surface area contributed by atoms with Gasteiger partial charge in [-0.3, -0.25) is 0 Å². The quantitative estimate of drug-likeness (QED) is 0.240. The van der Waals surface area contributed by atoms with Crippen molar-refractivity contribution in [3.05, 3.63) is 0 Å². The monoisotopic (exact) mass is 394 g/mol. The van der Waals surface area contributed by atoms with Crippen LogP contribution in [0, 0.1) is 11.8 Å². The molecule has 4 atom stereocenters. The van der Waals surface area contributed by atoms with E-state index in [0.717, 1.165) is 19.4 Å². The number of hydrogen-bond acceptors (Lipinski definition) is 2. The molecule has 4 unspecified atom stereocenters. The molecule has 1 N–H and O–H groups in total. The maximum atomic E-state index is 9.98. The van der Waals surface area contributed by atoms with Gasteiger partial charge in [0.1, 0.15) is 0 Å². The predicted molar refractivity (Wildman–Crippen MR) is 121 cm³/mol. The van der Waals surface area contributed by atoms with Crippen LogP contribution >= 0.6 is 0 Å². The largest absolute Gasteiger partial charge is 0.393 e. The highest BCUT2D eigenvalue weighted by Gasteiger charge is 2.41. The summed E-state index contributed by atoms with van der Waals surface area (Å²) in [5.74, 6) is 1.17. The zero-order chi connectivity index (χ0) is 19.9. The van der Waals surface area contributed by atoms with Gasteiger partial charge in [-0.05, 0) is 43.9 Å². The molecule has 0 aromatic heterocycles. The van der Waals surface area contributed by atoms with E-state index < -0.39 is 0 Å². The van der Waals surface area contributed by atoms with Gasteiger partial charge in [0.15, 0.2) is 0 Å². The SMILES string of the molecule is CCCCCCCCCCCCCCCCCCOC1CC2CCC1CC2O. The lowest BCUT2D eigenvalue weighted by atomic mass is 9.67. The molecule has 2 bridgehead atoms. The third-order valence-corrected chi connectivity index (χ3v) is 7.39. The molecule has 3 aliphatic carbocycles. The lowest BCUT2D eigenvalue weighted by molar-refractivity contribution is -0.102. The van der Waals surface area contributed by atoms with E-state index in [4.69, 9.17) is 4.74 Å². The highest BCUT2D eigenvalue weighted by molar-refractivity contribution is 4.92. The Balaban J connectivity index is 1.26. The second kappa shape index (κ2) is 15.7. The zero-order valence-corrected chi connectivity index (χ0v) is 19.0. The number of aliphatic hydroxyl groups is 1. The third kappa shape index (κ3) is 10.1. The Labute approximate surface area is 176 Å². The van der Waals surface area contributed by atoms with Gasteiger partial charge in [-0.2, -0.15) is 0 Å². The molecule has 0 amide bonds. The van der Waals surface area contributed by atoms with Gasteiger partial charge in [0.05, 0.1) is 12.2 Å². The molecule has 0 aromatic carbocycles. The van der Waals surface area contributed by atoms with E-state index in [-0.39, 0.29) is 6.10 Å². The topological polar surface area (TPSA) is 29.5 Å². The Bertz CT molecular complexity index is 356. The average molecular weight is 395 g/mol. The van der Waals surface area contributed by atoms with Crippen LogP contribution < -0.4 is 0 Å². The number of unbranched alkanes of at least 4 members (excludes halogenated alkanes) is 15. The van der Waals surface area contributed by atoms with Crippen LogP contribution in [-0.2, 0) is 4.74 Å². The molecular weight excluding hydrogens is 344 g/mol. The smallest absolute Gasteiger partial charge is 0.0607 e. The Morgan fingerprint density at radius 3 is 1.50 bits per heavy atom. The number of aliphatic hydroxyl groups excluding tert-OH is 1. The lowest BCUT2D eigenvalue weighted by Crippen LogP contribution is -2.44. The van der Waals surface area contributed by atoms with Crippen molar-refractivity contribution >= 4 is 0 Å². The molecule has 3 fully saturated rings. The molecule has 0 aliphatic heterocycles. The van der Waals surface area contributed by atoms with Crippen molar-refractivity contribution in [3.63, 3.8) is 0 Å². The Morgan fingerprint density at radius 1 is 0.607 bits per heavy atom. The molecule has 166 valence electrons. The van der Waals surface area contributed by atoms with Gasteiger partial charge < -0.3 is 9.84 Å².